The molecule has 1 N–H and O–H groups in total. The summed E-state index contributed by atoms with van der Waals surface area (Å²) in [6.07, 6.45) is 0. The molecular formula is C17H20FNOS. The zero-order valence-corrected chi connectivity index (χ0v) is 13.3. The molecule has 2 aromatic rings. The molecular weight excluding hydrogens is 285 g/mol. The number of hydrogen-bond donors (Lipinski definition) is 1. The fraction of sp³-hybridized carbons (Fsp3) is 0.294. The average Bonchev–Trinajstić information content (AvgIpc) is 2.50. The molecule has 2 nitrogen and oxygen atoms in total. The molecule has 0 saturated carbocycles. The van der Waals surface area contributed by atoms with Crippen molar-refractivity contribution >= 4 is 11.8 Å². The van der Waals surface area contributed by atoms with Crippen LogP contribution in [0.1, 0.15) is 25.5 Å². The molecule has 1 unspecified atom stereocenters. The van der Waals surface area contributed by atoms with Crippen LogP contribution in [0.3, 0.4) is 0 Å². The van der Waals surface area contributed by atoms with Gasteiger partial charge in [-0.2, -0.15) is 0 Å². The first-order valence-corrected chi connectivity index (χ1v) is 7.80. The Morgan fingerprint density at radius 3 is 2.52 bits per heavy atom. The Bertz CT molecular complexity index is 586. The first kappa shape index (κ1) is 15.9. The van der Waals surface area contributed by atoms with Crippen molar-refractivity contribution in [1.82, 2.24) is 5.32 Å². The number of rotatable bonds is 6. The van der Waals surface area contributed by atoms with E-state index in [1.165, 1.54) is 6.07 Å². The zero-order chi connectivity index (χ0) is 15.2. The minimum absolute atomic E-state index is 0.117. The molecule has 112 valence electrons. The Morgan fingerprint density at radius 2 is 1.90 bits per heavy atom. The minimum Gasteiger partial charge on any atom is -0.497 e. The highest BCUT2D eigenvalue weighted by Gasteiger charge is 2.12. The fourth-order valence-corrected chi connectivity index (χ4v) is 3.15. The van der Waals surface area contributed by atoms with Gasteiger partial charge < -0.3 is 10.1 Å². The van der Waals surface area contributed by atoms with Crippen LogP contribution in [0.25, 0.3) is 0 Å². The standard InChI is InChI=1S/C17H20FNOS/c1-4-19-12(2)16-11-13(18)5-10-17(16)21-15-8-6-14(20-3)7-9-15/h5-12,19H,4H2,1-3H3. The highest BCUT2D eigenvalue weighted by molar-refractivity contribution is 7.99. The number of benzene rings is 2. The lowest BCUT2D eigenvalue weighted by Gasteiger charge is -2.17. The fourth-order valence-electron chi connectivity index (χ4n) is 2.14. The van der Waals surface area contributed by atoms with E-state index in [4.69, 9.17) is 4.74 Å². The zero-order valence-electron chi connectivity index (χ0n) is 12.5. The molecule has 0 aliphatic carbocycles. The molecule has 0 spiro atoms. The van der Waals surface area contributed by atoms with Crippen molar-refractivity contribution in [1.29, 1.82) is 0 Å². The van der Waals surface area contributed by atoms with Crippen LogP contribution < -0.4 is 10.1 Å². The van der Waals surface area contributed by atoms with Crippen LogP contribution in [0.15, 0.2) is 52.3 Å². The lowest BCUT2D eigenvalue weighted by atomic mass is 10.1. The number of methoxy groups -OCH3 is 1. The summed E-state index contributed by atoms with van der Waals surface area (Å²) < 4.78 is 18.7. The van der Waals surface area contributed by atoms with Gasteiger partial charge in [-0.3, -0.25) is 0 Å². The summed E-state index contributed by atoms with van der Waals surface area (Å²) in [6, 6.07) is 13.0. The molecule has 0 aromatic heterocycles. The molecule has 0 aliphatic heterocycles. The molecule has 0 amide bonds. The molecule has 0 bridgehead atoms. The van der Waals surface area contributed by atoms with Crippen molar-refractivity contribution in [3.63, 3.8) is 0 Å². The second-order valence-electron chi connectivity index (χ2n) is 4.74. The molecule has 1 atom stereocenters. The Hall–Kier alpha value is -1.52. The Balaban J connectivity index is 2.25. The Morgan fingerprint density at radius 1 is 1.19 bits per heavy atom. The first-order chi connectivity index (χ1) is 10.1. The molecule has 4 heteroatoms. The van der Waals surface area contributed by atoms with Crippen molar-refractivity contribution in [2.75, 3.05) is 13.7 Å². The van der Waals surface area contributed by atoms with Gasteiger partial charge in [-0.1, -0.05) is 18.7 Å². The highest BCUT2D eigenvalue weighted by Crippen LogP contribution is 2.34. The van der Waals surface area contributed by atoms with Crippen LogP contribution in [-0.4, -0.2) is 13.7 Å². The van der Waals surface area contributed by atoms with Crippen LogP contribution in [-0.2, 0) is 0 Å². The van der Waals surface area contributed by atoms with E-state index >= 15 is 0 Å². The predicted molar refractivity (Wildman–Crippen MR) is 85.6 cm³/mol. The van der Waals surface area contributed by atoms with Crippen molar-refractivity contribution in [2.45, 2.75) is 29.7 Å². The van der Waals surface area contributed by atoms with Gasteiger partial charge in [0.2, 0.25) is 0 Å². The summed E-state index contributed by atoms with van der Waals surface area (Å²) in [4.78, 5) is 2.17. The van der Waals surface area contributed by atoms with Gasteiger partial charge in [-0.15, -0.1) is 0 Å². The summed E-state index contributed by atoms with van der Waals surface area (Å²) in [7, 11) is 1.65. The molecule has 0 saturated heterocycles. The Kier molecular flexibility index (Phi) is 5.65. The van der Waals surface area contributed by atoms with E-state index in [0.717, 1.165) is 27.6 Å². The molecule has 21 heavy (non-hydrogen) atoms. The van der Waals surface area contributed by atoms with Gasteiger partial charge in [0.05, 0.1) is 7.11 Å². The molecule has 0 aliphatic rings. The summed E-state index contributed by atoms with van der Waals surface area (Å²) in [6.45, 7) is 4.95. The topological polar surface area (TPSA) is 21.3 Å². The lowest BCUT2D eigenvalue weighted by molar-refractivity contribution is 0.414. The summed E-state index contributed by atoms with van der Waals surface area (Å²) in [5.41, 5.74) is 0.984. The van der Waals surface area contributed by atoms with Crippen LogP contribution in [0, 0.1) is 5.82 Å². The predicted octanol–water partition coefficient (Wildman–Crippen LogP) is 4.66. The number of ether oxygens (including phenoxy) is 1. The third kappa shape index (κ3) is 4.22. The minimum atomic E-state index is -0.200. The lowest BCUT2D eigenvalue weighted by Crippen LogP contribution is -2.18. The van der Waals surface area contributed by atoms with Crippen molar-refractivity contribution in [3.05, 3.63) is 53.8 Å². The van der Waals surface area contributed by atoms with Crippen LogP contribution in [0.5, 0.6) is 5.75 Å². The highest BCUT2D eigenvalue weighted by atomic mass is 32.2. The van der Waals surface area contributed by atoms with E-state index in [1.54, 1.807) is 24.9 Å². The normalized spacial score (nSPS) is 12.2. The van der Waals surface area contributed by atoms with E-state index in [1.807, 2.05) is 37.3 Å². The van der Waals surface area contributed by atoms with Gasteiger partial charge in [0, 0.05) is 15.8 Å². The van der Waals surface area contributed by atoms with Gasteiger partial charge in [-0.25, -0.2) is 4.39 Å². The number of halogens is 1. The summed E-state index contributed by atoms with van der Waals surface area (Å²) >= 11 is 1.63. The molecule has 0 fully saturated rings. The second kappa shape index (κ2) is 7.48. The van der Waals surface area contributed by atoms with Gasteiger partial charge in [0.15, 0.2) is 0 Å². The van der Waals surface area contributed by atoms with E-state index in [0.29, 0.717) is 0 Å². The van der Waals surface area contributed by atoms with Gasteiger partial charge in [-0.05, 0) is 61.5 Å². The largest absolute Gasteiger partial charge is 0.497 e. The Labute approximate surface area is 129 Å². The van der Waals surface area contributed by atoms with Crippen LogP contribution in [0.2, 0.25) is 0 Å². The third-order valence-corrected chi connectivity index (χ3v) is 4.34. The van der Waals surface area contributed by atoms with Crippen LogP contribution in [0.4, 0.5) is 4.39 Å². The van der Waals surface area contributed by atoms with Crippen molar-refractivity contribution in [2.24, 2.45) is 0 Å². The smallest absolute Gasteiger partial charge is 0.123 e. The van der Waals surface area contributed by atoms with Gasteiger partial charge in [0.25, 0.3) is 0 Å². The average molecular weight is 305 g/mol. The maximum Gasteiger partial charge on any atom is 0.123 e. The van der Waals surface area contributed by atoms with Gasteiger partial charge in [0.1, 0.15) is 11.6 Å². The monoisotopic (exact) mass is 305 g/mol. The molecule has 0 heterocycles. The van der Waals surface area contributed by atoms with E-state index < -0.39 is 0 Å². The molecule has 2 rings (SSSR count). The second-order valence-corrected chi connectivity index (χ2v) is 5.85. The number of nitrogens with one attached hydrogen (secondary N) is 1. The number of hydrogen-bond acceptors (Lipinski definition) is 3. The maximum absolute atomic E-state index is 13.5. The van der Waals surface area contributed by atoms with Gasteiger partial charge >= 0.3 is 0 Å². The SMILES string of the molecule is CCNC(C)c1cc(F)ccc1Sc1ccc(OC)cc1. The maximum atomic E-state index is 13.5. The summed E-state index contributed by atoms with van der Waals surface area (Å²) in [5.74, 6) is 0.633. The third-order valence-electron chi connectivity index (χ3n) is 3.24. The van der Waals surface area contributed by atoms with Crippen molar-refractivity contribution < 1.29 is 9.13 Å². The summed E-state index contributed by atoms with van der Waals surface area (Å²) in [5, 5.41) is 3.33. The molecule has 0 radical (unpaired) electrons. The van der Waals surface area contributed by atoms with E-state index in [-0.39, 0.29) is 11.9 Å². The van der Waals surface area contributed by atoms with E-state index in [9.17, 15) is 4.39 Å². The van der Waals surface area contributed by atoms with Crippen LogP contribution >= 0.6 is 11.8 Å². The van der Waals surface area contributed by atoms with E-state index in [2.05, 4.69) is 12.2 Å². The first-order valence-electron chi connectivity index (χ1n) is 6.98. The molecule has 2 aromatic carbocycles. The van der Waals surface area contributed by atoms with Crippen molar-refractivity contribution in [3.8, 4) is 5.75 Å². The quantitative estimate of drug-likeness (QED) is 0.839.